The smallest absolute Gasteiger partial charge is 0.313 e. The zero-order valence-electron chi connectivity index (χ0n) is 15.7. The van der Waals surface area contributed by atoms with Crippen molar-refractivity contribution in [2.75, 3.05) is 6.61 Å². The second kappa shape index (κ2) is 8.58. The van der Waals surface area contributed by atoms with Gasteiger partial charge in [0.05, 0.1) is 12.1 Å². The van der Waals surface area contributed by atoms with E-state index < -0.39 is 5.97 Å². The molecule has 2 aromatic carbocycles. The van der Waals surface area contributed by atoms with Crippen molar-refractivity contribution in [2.45, 2.75) is 33.1 Å². The quantitative estimate of drug-likeness (QED) is 0.354. The van der Waals surface area contributed by atoms with E-state index in [1.165, 1.54) is 5.56 Å². The molecule has 138 valence electrons. The van der Waals surface area contributed by atoms with Crippen LogP contribution >= 0.6 is 0 Å². The lowest BCUT2D eigenvalue weighted by Crippen LogP contribution is -2.11. The fourth-order valence-corrected chi connectivity index (χ4v) is 3.03. The number of ether oxygens (including phenoxy) is 1. The third kappa shape index (κ3) is 5.00. The molecular formula is C23H23NO3. The van der Waals surface area contributed by atoms with Crippen LogP contribution in [0.3, 0.4) is 0 Å². The number of hydrogen-bond acceptors (Lipinski definition) is 4. The van der Waals surface area contributed by atoms with Crippen molar-refractivity contribution in [3.05, 3.63) is 77.0 Å². The van der Waals surface area contributed by atoms with Gasteiger partial charge in [-0.15, -0.1) is 0 Å². The highest BCUT2D eigenvalue weighted by molar-refractivity contribution is 6.06. The highest BCUT2D eigenvalue weighted by Crippen LogP contribution is 2.16. The molecule has 0 aliphatic heterocycles. The first-order valence-corrected chi connectivity index (χ1v) is 9.19. The number of fused-ring (bicyclic) bond motifs is 1. The Morgan fingerprint density at radius 1 is 1.00 bits per heavy atom. The van der Waals surface area contributed by atoms with Crippen LogP contribution in [0.5, 0.6) is 0 Å². The molecule has 0 aliphatic carbocycles. The van der Waals surface area contributed by atoms with Gasteiger partial charge < -0.3 is 4.74 Å². The van der Waals surface area contributed by atoms with E-state index in [2.05, 4.69) is 31.2 Å². The maximum Gasteiger partial charge on any atom is 0.313 e. The van der Waals surface area contributed by atoms with Gasteiger partial charge in [0, 0.05) is 16.6 Å². The molecule has 0 aliphatic rings. The number of aromatic nitrogens is 1. The van der Waals surface area contributed by atoms with Crippen molar-refractivity contribution in [2.24, 2.45) is 0 Å². The first kappa shape index (κ1) is 18.8. The van der Waals surface area contributed by atoms with Crippen LogP contribution in [0.2, 0.25) is 0 Å². The van der Waals surface area contributed by atoms with Gasteiger partial charge in [-0.05, 0) is 56.0 Å². The van der Waals surface area contributed by atoms with Gasteiger partial charge in [0.25, 0.3) is 0 Å². The summed E-state index contributed by atoms with van der Waals surface area (Å²) < 4.78 is 4.85. The molecule has 1 heterocycles. The van der Waals surface area contributed by atoms with Crippen LogP contribution in [0, 0.1) is 6.92 Å². The molecular weight excluding hydrogens is 338 g/mol. The molecule has 1 aromatic heterocycles. The summed E-state index contributed by atoms with van der Waals surface area (Å²) in [7, 11) is 0. The maximum atomic E-state index is 12.2. The van der Waals surface area contributed by atoms with Crippen molar-refractivity contribution >= 4 is 22.7 Å². The van der Waals surface area contributed by atoms with E-state index in [0.29, 0.717) is 5.56 Å². The number of ketones is 1. The summed E-state index contributed by atoms with van der Waals surface area (Å²) in [5.74, 6) is -0.696. The van der Waals surface area contributed by atoms with Crippen LogP contribution in [0.1, 0.15) is 40.5 Å². The first-order chi connectivity index (χ1) is 13.0. The number of rotatable bonds is 7. The summed E-state index contributed by atoms with van der Waals surface area (Å²) in [6.45, 7) is 4.07. The topological polar surface area (TPSA) is 56.3 Å². The van der Waals surface area contributed by atoms with Crippen LogP contribution in [0.25, 0.3) is 10.9 Å². The van der Waals surface area contributed by atoms with Crippen LogP contribution in [0.4, 0.5) is 0 Å². The molecule has 3 aromatic rings. The lowest BCUT2D eigenvalue weighted by atomic mass is 10.0. The van der Waals surface area contributed by atoms with Gasteiger partial charge in [-0.2, -0.15) is 0 Å². The number of benzene rings is 2. The van der Waals surface area contributed by atoms with Crippen LogP contribution in [-0.2, 0) is 22.4 Å². The summed E-state index contributed by atoms with van der Waals surface area (Å²) in [6, 6.07) is 17.8. The average Bonchev–Trinajstić information content (AvgIpc) is 2.66. The zero-order chi connectivity index (χ0) is 19.2. The molecule has 0 saturated heterocycles. The zero-order valence-corrected chi connectivity index (χ0v) is 15.7. The number of nitrogens with zero attached hydrogens (tertiary/aromatic N) is 1. The van der Waals surface area contributed by atoms with Gasteiger partial charge in [-0.25, -0.2) is 0 Å². The summed E-state index contributed by atoms with van der Waals surface area (Å²) in [5.41, 5.74) is 4.82. The minimum absolute atomic E-state index is 0.213. The van der Waals surface area contributed by atoms with E-state index >= 15 is 0 Å². The van der Waals surface area contributed by atoms with Crippen LogP contribution in [-0.4, -0.2) is 23.3 Å². The third-order valence-corrected chi connectivity index (χ3v) is 4.43. The largest absolute Gasteiger partial charge is 0.466 e. The van der Waals surface area contributed by atoms with E-state index in [1.54, 1.807) is 13.0 Å². The molecule has 4 heteroatoms. The molecule has 4 nitrogen and oxygen atoms in total. The number of carbonyl (C=O) groups excluding carboxylic acids is 2. The first-order valence-electron chi connectivity index (χ1n) is 9.19. The SMILES string of the molecule is CCOC(=O)CC(=O)c1cccc(CCc2ccc3ccc(C)cc3n2)c1. The highest BCUT2D eigenvalue weighted by atomic mass is 16.5. The van der Waals surface area contributed by atoms with Gasteiger partial charge in [0.2, 0.25) is 0 Å². The minimum atomic E-state index is -0.483. The van der Waals surface area contributed by atoms with Gasteiger partial charge in [-0.3, -0.25) is 14.6 Å². The number of hydrogen-bond donors (Lipinski definition) is 0. The van der Waals surface area contributed by atoms with E-state index in [9.17, 15) is 9.59 Å². The Morgan fingerprint density at radius 2 is 1.81 bits per heavy atom. The monoisotopic (exact) mass is 361 g/mol. The number of pyridine rings is 1. The molecule has 0 N–H and O–H groups in total. The second-order valence-corrected chi connectivity index (χ2v) is 6.60. The van der Waals surface area contributed by atoms with Crippen molar-refractivity contribution in [3.63, 3.8) is 0 Å². The summed E-state index contributed by atoms with van der Waals surface area (Å²) in [6.07, 6.45) is 1.35. The molecule has 0 unspecified atom stereocenters. The predicted molar refractivity (Wildman–Crippen MR) is 106 cm³/mol. The number of carbonyl (C=O) groups is 2. The molecule has 0 bridgehead atoms. The van der Waals surface area contributed by atoms with Gasteiger partial charge in [0.1, 0.15) is 6.42 Å². The van der Waals surface area contributed by atoms with E-state index in [4.69, 9.17) is 9.72 Å². The van der Waals surface area contributed by atoms with Gasteiger partial charge in [-0.1, -0.05) is 36.4 Å². The van der Waals surface area contributed by atoms with E-state index in [-0.39, 0.29) is 18.8 Å². The number of esters is 1. The van der Waals surface area contributed by atoms with Crippen molar-refractivity contribution in [3.8, 4) is 0 Å². The summed E-state index contributed by atoms with van der Waals surface area (Å²) in [4.78, 5) is 28.5. The Balaban J connectivity index is 1.68. The van der Waals surface area contributed by atoms with Crippen LogP contribution < -0.4 is 0 Å². The van der Waals surface area contributed by atoms with Crippen LogP contribution in [0.15, 0.2) is 54.6 Å². The second-order valence-electron chi connectivity index (χ2n) is 6.60. The van der Waals surface area contributed by atoms with Gasteiger partial charge in [0.15, 0.2) is 5.78 Å². The lowest BCUT2D eigenvalue weighted by molar-refractivity contribution is -0.141. The fraction of sp³-hybridized carbons (Fsp3) is 0.261. The Labute approximate surface area is 159 Å². The Kier molecular flexibility index (Phi) is 5.97. The molecule has 0 atom stereocenters. The summed E-state index contributed by atoms with van der Waals surface area (Å²) in [5, 5.41) is 1.14. The van der Waals surface area contributed by atoms with E-state index in [1.807, 2.05) is 24.3 Å². The Hall–Kier alpha value is -3.01. The lowest BCUT2D eigenvalue weighted by Gasteiger charge is -2.06. The normalized spacial score (nSPS) is 10.7. The third-order valence-electron chi connectivity index (χ3n) is 4.43. The maximum absolute atomic E-state index is 12.2. The Morgan fingerprint density at radius 3 is 2.63 bits per heavy atom. The molecule has 0 fully saturated rings. The van der Waals surface area contributed by atoms with Crippen molar-refractivity contribution < 1.29 is 14.3 Å². The van der Waals surface area contributed by atoms with Crippen molar-refractivity contribution in [1.82, 2.24) is 4.98 Å². The summed E-state index contributed by atoms with van der Waals surface area (Å²) >= 11 is 0. The molecule has 3 rings (SSSR count). The van der Waals surface area contributed by atoms with Crippen molar-refractivity contribution in [1.29, 1.82) is 0 Å². The standard InChI is InChI=1S/C23H23NO3/c1-3-27-23(26)15-22(25)19-6-4-5-17(14-19)8-11-20-12-10-18-9-7-16(2)13-21(18)24-20/h4-7,9-10,12-14H,3,8,11,15H2,1-2H3. The molecule has 27 heavy (non-hydrogen) atoms. The molecule has 0 spiro atoms. The predicted octanol–water partition coefficient (Wildman–Crippen LogP) is 4.46. The Bertz CT molecular complexity index is 978. The molecule has 0 saturated carbocycles. The van der Waals surface area contributed by atoms with Gasteiger partial charge >= 0.3 is 5.97 Å². The van der Waals surface area contributed by atoms with E-state index in [0.717, 1.165) is 35.0 Å². The highest BCUT2D eigenvalue weighted by Gasteiger charge is 2.13. The molecule has 0 amide bonds. The molecule has 0 radical (unpaired) electrons. The number of aryl methyl sites for hydroxylation is 3. The fourth-order valence-electron chi connectivity index (χ4n) is 3.03. The minimum Gasteiger partial charge on any atom is -0.466 e. The number of Topliss-reactive ketones (excluding diaryl/α,β-unsaturated/α-hetero) is 1. The average molecular weight is 361 g/mol.